The van der Waals surface area contributed by atoms with E-state index in [4.69, 9.17) is 9.72 Å². The lowest BCUT2D eigenvalue weighted by Crippen LogP contribution is -2.45. The Balaban J connectivity index is 1.72. The molecule has 1 amide bonds. The van der Waals surface area contributed by atoms with Gasteiger partial charge in [0.25, 0.3) is 5.91 Å². The molecule has 0 bridgehead atoms. The molecule has 4 nitrogen and oxygen atoms in total. The van der Waals surface area contributed by atoms with Gasteiger partial charge in [0.2, 0.25) is 0 Å². The highest BCUT2D eigenvalue weighted by Crippen LogP contribution is 2.39. The maximum Gasteiger partial charge on any atom is 0.268 e. The highest BCUT2D eigenvalue weighted by atomic mass is 32.1. The molecule has 1 aliphatic heterocycles. The zero-order chi connectivity index (χ0) is 18.8. The van der Waals surface area contributed by atoms with E-state index >= 15 is 0 Å². The quantitative estimate of drug-likeness (QED) is 0.577. The number of benzene rings is 2. The number of nitrogens with zero attached hydrogens (tertiary/aromatic N) is 2. The van der Waals surface area contributed by atoms with Gasteiger partial charge in [-0.1, -0.05) is 43.3 Å². The normalized spacial score (nSPS) is 16.0. The topological polar surface area (TPSA) is 42.4 Å². The number of thiazole rings is 1. The molecular weight excluding hydrogens is 356 g/mol. The first-order valence-electron chi connectivity index (χ1n) is 8.95. The van der Waals surface area contributed by atoms with Gasteiger partial charge < -0.3 is 9.64 Å². The second-order valence-corrected chi connectivity index (χ2v) is 7.20. The van der Waals surface area contributed by atoms with Crippen molar-refractivity contribution >= 4 is 22.9 Å². The third kappa shape index (κ3) is 3.26. The average Bonchev–Trinajstić information content (AvgIpc) is 3.20. The van der Waals surface area contributed by atoms with Crippen molar-refractivity contribution in [3.63, 3.8) is 0 Å². The van der Waals surface area contributed by atoms with Gasteiger partial charge >= 0.3 is 0 Å². The standard InChI is InChI=1S/C22H20N2O2S/c1-3-12-24-18-13-16(10-11-20(18)26-19(4-2)22(24)25)17-14-27-21(23-17)15-8-6-5-7-9-15/h3,5-11,13-14,19H,1,4,12H2,2H3. The molecule has 1 aliphatic rings. The summed E-state index contributed by atoms with van der Waals surface area (Å²) < 4.78 is 5.89. The number of carbonyl (C=O) groups excluding carboxylic acids is 1. The molecule has 1 aromatic heterocycles. The summed E-state index contributed by atoms with van der Waals surface area (Å²) in [5.74, 6) is 0.705. The fraction of sp³-hybridized carbons (Fsp3) is 0.182. The number of hydrogen-bond acceptors (Lipinski definition) is 4. The van der Waals surface area contributed by atoms with Gasteiger partial charge in [0.1, 0.15) is 10.8 Å². The number of ether oxygens (including phenoxy) is 1. The van der Waals surface area contributed by atoms with E-state index in [9.17, 15) is 4.79 Å². The van der Waals surface area contributed by atoms with E-state index in [1.54, 1.807) is 22.3 Å². The Hall–Kier alpha value is -2.92. The summed E-state index contributed by atoms with van der Waals surface area (Å²) in [7, 11) is 0. The minimum Gasteiger partial charge on any atom is -0.478 e. The van der Waals surface area contributed by atoms with Gasteiger partial charge in [0.05, 0.1) is 11.4 Å². The minimum atomic E-state index is -0.438. The monoisotopic (exact) mass is 376 g/mol. The molecule has 0 saturated carbocycles. The van der Waals surface area contributed by atoms with Crippen molar-refractivity contribution in [1.82, 2.24) is 4.98 Å². The Kier molecular flexibility index (Phi) is 4.77. The largest absolute Gasteiger partial charge is 0.478 e. The van der Waals surface area contributed by atoms with Crippen LogP contribution in [-0.2, 0) is 4.79 Å². The number of anilines is 1. The zero-order valence-corrected chi connectivity index (χ0v) is 15.9. The molecule has 0 aliphatic carbocycles. The molecule has 1 unspecified atom stereocenters. The van der Waals surface area contributed by atoms with Crippen LogP contribution in [0.15, 0.2) is 66.6 Å². The first kappa shape index (κ1) is 17.5. The molecule has 0 saturated heterocycles. The van der Waals surface area contributed by atoms with Crippen molar-refractivity contribution in [2.45, 2.75) is 19.4 Å². The Morgan fingerprint density at radius 2 is 2.04 bits per heavy atom. The lowest BCUT2D eigenvalue weighted by atomic mass is 10.1. The maximum absolute atomic E-state index is 12.7. The smallest absolute Gasteiger partial charge is 0.268 e. The lowest BCUT2D eigenvalue weighted by Gasteiger charge is -2.33. The highest BCUT2D eigenvalue weighted by molar-refractivity contribution is 7.13. The van der Waals surface area contributed by atoms with E-state index in [1.165, 1.54) is 0 Å². The van der Waals surface area contributed by atoms with Crippen LogP contribution >= 0.6 is 11.3 Å². The SMILES string of the molecule is C=CCN1C(=O)C(CC)Oc2ccc(-c3csc(-c4ccccc4)n3)cc21. The van der Waals surface area contributed by atoms with Crippen LogP contribution in [0.5, 0.6) is 5.75 Å². The first-order chi connectivity index (χ1) is 13.2. The van der Waals surface area contributed by atoms with Crippen LogP contribution in [0, 0.1) is 0 Å². The van der Waals surface area contributed by atoms with Crippen LogP contribution in [-0.4, -0.2) is 23.5 Å². The highest BCUT2D eigenvalue weighted by Gasteiger charge is 2.32. The van der Waals surface area contributed by atoms with Crippen LogP contribution in [0.2, 0.25) is 0 Å². The third-order valence-electron chi connectivity index (χ3n) is 4.56. The number of fused-ring (bicyclic) bond motifs is 1. The summed E-state index contributed by atoms with van der Waals surface area (Å²) in [4.78, 5) is 19.2. The molecule has 136 valence electrons. The van der Waals surface area contributed by atoms with Crippen LogP contribution < -0.4 is 9.64 Å². The molecular formula is C22H20N2O2S. The minimum absolute atomic E-state index is 0.0229. The second-order valence-electron chi connectivity index (χ2n) is 6.34. The molecule has 0 spiro atoms. The van der Waals surface area contributed by atoms with Gasteiger partial charge in [-0.2, -0.15) is 0 Å². The molecule has 1 atom stereocenters. The van der Waals surface area contributed by atoms with Gasteiger partial charge in [-0.25, -0.2) is 4.98 Å². The van der Waals surface area contributed by atoms with E-state index in [1.807, 2.05) is 48.7 Å². The summed E-state index contributed by atoms with van der Waals surface area (Å²) in [6, 6.07) is 16.0. The maximum atomic E-state index is 12.7. The molecule has 3 aromatic rings. The van der Waals surface area contributed by atoms with Crippen molar-refractivity contribution < 1.29 is 9.53 Å². The Morgan fingerprint density at radius 1 is 1.22 bits per heavy atom. The van der Waals surface area contributed by atoms with E-state index < -0.39 is 6.10 Å². The summed E-state index contributed by atoms with van der Waals surface area (Å²) in [5, 5.41) is 3.02. The van der Waals surface area contributed by atoms with E-state index in [-0.39, 0.29) is 5.91 Å². The average molecular weight is 376 g/mol. The fourth-order valence-corrected chi connectivity index (χ4v) is 4.01. The molecule has 27 heavy (non-hydrogen) atoms. The number of rotatable bonds is 5. The zero-order valence-electron chi connectivity index (χ0n) is 15.1. The summed E-state index contributed by atoms with van der Waals surface area (Å²) in [6.45, 7) is 6.20. The summed E-state index contributed by atoms with van der Waals surface area (Å²) in [6.07, 6.45) is 1.94. The van der Waals surface area contributed by atoms with E-state index in [2.05, 4.69) is 18.7 Å². The van der Waals surface area contributed by atoms with Gasteiger partial charge in [-0.3, -0.25) is 4.79 Å². The van der Waals surface area contributed by atoms with Crippen molar-refractivity contribution in [1.29, 1.82) is 0 Å². The molecule has 2 aromatic carbocycles. The van der Waals surface area contributed by atoms with Crippen molar-refractivity contribution in [3.05, 3.63) is 66.6 Å². The van der Waals surface area contributed by atoms with E-state index in [0.717, 1.165) is 33.3 Å². The summed E-state index contributed by atoms with van der Waals surface area (Å²) >= 11 is 1.61. The van der Waals surface area contributed by atoms with Crippen LogP contribution in [0.1, 0.15) is 13.3 Å². The molecule has 4 rings (SSSR count). The van der Waals surface area contributed by atoms with Crippen LogP contribution in [0.25, 0.3) is 21.8 Å². The Morgan fingerprint density at radius 3 is 2.78 bits per heavy atom. The first-order valence-corrected chi connectivity index (χ1v) is 9.83. The molecule has 0 fully saturated rings. The van der Waals surface area contributed by atoms with Crippen molar-refractivity contribution in [2.24, 2.45) is 0 Å². The number of aromatic nitrogens is 1. The number of amides is 1. The van der Waals surface area contributed by atoms with Gasteiger partial charge in [-0.05, 0) is 24.6 Å². The predicted octanol–water partition coefficient (Wildman–Crippen LogP) is 5.17. The summed E-state index contributed by atoms with van der Waals surface area (Å²) in [5.41, 5.74) is 3.73. The molecule has 0 radical (unpaired) electrons. The van der Waals surface area contributed by atoms with Gasteiger partial charge in [-0.15, -0.1) is 17.9 Å². The van der Waals surface area contributed by atoms with Crippen LogP contribution in [0.4, 0.5) is 5.69 Å². The molecule has 5 heteroatoms. The fourth-order valence-electron chi connectivity index (χ4n) is 3.18. The Labute approximate surface area is 162 Å². The number of carbonyl (C=O) groups is 1. The van der Waals surface area contributed by atoms with Crippen molar-refractivity contribution in [2.75, 3.05) is 11.4 Å². The Bertz CT molecular complexity index is 981. The number of hydrogen-bond donors (Lipinski definition) is 0. The second kappa shape index (κ2) is 7.37. The van der Waals surface area contributed by atoms with E-state index in [0.29, 0.717) is 13.0 Å². The van der Waals surface area contributed by atoms with Crippen molar-refractivity contribution in [3.8, 4) is 27.6 Å². The lowest BCUT2D eigenvalue weighted by molar-refractivity contribution is -0.126. The molecule has 0 N–H and O–H groups in total. The molecule has 2 heterocycles. The predicted molar refractivity (Wildman–Crippen MR) is 110 cm³/mol. The third-order valence-corrected chi connectivity index (χ3v) is 5.45. The van der Waals surface area contributed by atoms with Gasteiger partial charge in [0, 0.05) is 23.1 Å². The van der Waals surface area contributed by atoms with Crippen LogP contribution in [0.3, 0.4) is 0 Å². The van der Waals surface area contributed by atoms with Gasteiger partial charge in [0.15, 0.2) is 6.10 Å².